The van der Waals surface area contributed by atoms with Crippen molar-refractivity contribution >= 4 is 5.97 Å². The van der Waals surface area contributed by atoms with Gasteiger partial charge in [-0.05, 0) is 30.2 Å². The zero-order chi connectivity index (χ0) is 13.7. The first-order chi connectivity index (χ1) is 8.49. The van der Waals surface area contributed by atoms with Crippen LogP contribution in [0.4, 0.5) is 0 Å². The van der Waals surface area contributed by atoms with Gasteiger partial charge in [0, 0.05) is 0 Å². The molecule has 0 aromatic heterocycles. The molecule has 0 saturated carbocycles. The molecule has 100 valence electrons. The third kappa shape index (κ3) is 3.45. The summed E-state index contributed by atoms with van der Waals surface area (Å²) in [5, 5.41) is 19.6. The molecule has 0 bridgehead atoms. The van der Waals surface area contributed by atoms with Crippen molar-refractivity contribution in [3.05, 3.63) is 29.3 Å². The molecule has 0 amide bonds. The molecule has 18 heavy (non-hydrogen) atoms. The minimum absolute atomic E-state index is 0.247. The van der Waals surface area contributed by atoms with Crippen LogP contribution in [0.5, 0.6) is 5.75 Å². The number of aliphatic hydroxyl groups is 2. The summed E-state index contributed by atoms with van der Waals surface area (Å²) in [5.41, 5.74) is 1.38. The second-order valence-corrected chi connectivity index (χ2v) is 4.02. The average molecular weight is 254 g/mol. The third-order valence-electron chi connectivity index (χ3n) is 2.73. The maximum absolute atomic E-state index is 11.0. The molecule has 0 fully saturated rings. The van der Waals surface area contributed by atoms with E-state index in [1.54, 1.807) is 25.3 Å². The molecule has 2 unspecified atom stereocenters. The molecule has 1 aromatic carbocycles. The minimum Gasteiger partial charge on any atom is -0.496 e. The summed E-state index contributed by atoms with van der Waals surface area (Å²) in [5.74, 6) is 0.139. The van der Waals surface area contributed by atoms with Crippen LogP contribution in [0.3, 0.4) is 0 Å². The summed E-state index contributed by atoms with van der Waals surface area (Å²) in [6.07, 6.45) is -2.57. The third-order valence-corrected chi connectivity index (χ3v) is 2.73. The van der Waals surface area contributed by atoms with Gasteiger partial charge >= 0.3 is 5.97 Å². The monoisotopic (exact) mass is 254 g/mol. The number of ether oxygens (including phenoxy) is 2. The van der Waals surface area contributed by atoms with Gasteiger partial charge in [-0.1, -0.05) is 6.07 Å². The van der Waals surface area contributed by atoms with Crippen molar-refractivity contribution in [1.82, 2.24) is 0 Å². The summed E-state index contributed by atoms with van der Waals surface area (Å²) in [6, 6.07) is 5.07. The van der Waals surface area contributed by atoms with E-state index < -0.39 is 18.2 Å². The fourth-order valence-corrected chi connectivity index (χ4v) is 1.67. The Morgan fingerprint density at radius 3 is 2.50 bits per heavy atom. The lowest BCUT2D eigenvalue weighted by molar-refractivity contribution is -0.144. The first-order valence-corrected chi connectivity index (χ1v) is 5.57. The van der Waals surface area contributed by atoms with E-state index >= 15 is 0 Å². The smallest absolute Gasteiger partial charge is 0.308 e. The zero-order valence-electron chi connectivity index (χ0n) is 10.7. The highest BCUT2D eigenvalue weighted by Crippen LogP contribution is 2.25. The number of aryl methyl sites for hydroxylation is 1. The van der Waals surface area contributed by atoms with Gasteiger partial charge in [0.25, 0.3) is 0 Å². The van der Waals surface area contributed by atoms with Crippen LogP contribution in [0.15, 0.2) is 18.2 Å². The molecular weight excluding hydrogens is 236 g/mol. The van der Waals surface area contributed by atoms with Gasteiger partial charge in [-0.15, -0.1) is 0 Å². The van der Waals surface area contributed by atoms with Crippen molar-refractivity contribution < 1.29 is 24.5 Å². The first kappa shape index (κ1) is 14.5. The van der Waals surface area contributed by atoms with E-state index in [9.17, 15) is 15.0 Å². The molecule has 1 aromatic rings. The second kappa shape index (κ2) is 6.37. The van der Waals surface area contributed by atoms with Crippen molar-refractivity contribution in [1.29, 1.82) is 0 Å². The minimum atomic E-state index is -1.19. The lowest BCUT2D eigenvalue weighted by atomic mass is 10.00. The van der Waals surface area contributed by atoms with E-state index in [0.29, 0.717) is 11.3 Å². The van der Waals surface area contributed by atoms with Crippen LogP contribution in [0.1, 0.15) is 23.7 Å². The number of esters is 1. The van der Waals surface area contributed by atoms with Gasteiger partial charge in [0.05, 0.1) is 26.7 Å². The van der Waals surface area contributed by atoms with E-state index in [2.05, 4.69) is 4.74 Å². The number of benzene rings is 1. The molecule has 2 N–H and O–H groups in total. The van der Waals surface area contributed by atoms with Gasteiger partial charge in [0.1, 0.15) is 11.9 Å². The van der Waals surface area contributed by atoms with Crippen molar-refractivity contribution in [3.63, 3.8) is 0 Å². The lowest BCUT2D eigenvalue weighted by Crippen LogP contribution is -2.22. The van der Waals surface area contributed by atoms with Crippen LogP contribution in [-0.2, 0) is 9.53 Å². The van der Waals surface area contributed by atoms with Crippen LogP contribution in [0.2, 0.25) is 0 Å². The summed E-state index contributed by atoms with van der Waals surface area (Å²) in [4.78, 5) is 11.0. The summed E-state index contributed by atoms with van der Waals surface area (Å²) in [6.45, 7) is 1.84. The van der Waals surface area contributed by atoms with E-state index in [1.807, 2.05) is 6.92 Å². The molecule has 0 saturated heterocycles. The van der Waals surface area contributed by atoms with E-state index in [4.69, 9.17) is 4.74 Å². The van der Waals surface area contributed by atoms with Gasteiger partial charge in [-0.25, -0.2) is 0 Å². The Hall–Kier alpha value is -1.59. The predicted octanol–water partition coefficient (Wildman–Crippen LogP) is 0.961. The number of methoxy groups -OCH3 is 2. The molecule has 0 aliphatic heterocycles. The molecule has 1 rings (SSSR count). The van der Waals surface area contributed by atoms with Gasteiger partial charge in [0.15, 0.2) is 0 Å². The van der Waals surface area contributed by atoms with Crippen LogP contribution in [0, 0.1) is 6.92 Å². The molecule has 0 aliphatic rings. The van der Waals surface area contributed by atoms with Crippen LogP contribution in [-0.4, -0.2) is 36.5 Å². The second-order valence-electron chi connectivity index (χ2n) is 4.02. The van der Waals surface area contributed by atoms with Crippen LogP contribution >= 0.6 is 0 Å². The Bertz CT molecular complexity index is 416. The molecule has 0 radical (unpaired) electrons. The largest absolute Gasteiger partial charge is 0.496 e. The van der Waals surface area contributed by atoms with Crippen molar-refractivity contribution in [2.45, 2.75) is 25.6 Å². The van der Waals surface area contributed by atoms with Crippen molar-refractivity contribution in [2.75, 3.05) is 14.2 Å². The summed E-state index contributed by atoms with van der Waals surface area (Å²) < 4.78 is 9.54. The predicted molar refractivity (Wildman–Crippen MR) is 65.3 cm³/mol. The molecule has 2 atom stereocenters. The van der Waals surface area contributed by atoms with Gasteiger partial charge < -0.3 is 19.7 Å². The number of hydrogen-bond acceptors (Lipinski definition) is 5. The first-order valence-electron chi connectivity index (χ1n) is 5.57. The normalized spacial score (nSPS) is 13.8. The summed E-state index contributed by atoms with van der Waals surface area (Å²) >= 11 is 0. The van der Waals surface area contributed by atoms with E-state index in [-0.39, 0.29) is 6.42 Å². The fraction of sp³-hybridized carbons (Fsp3) is 0.462. The Labute approximate surface area is 106 Å². The van der Waals surface area contributed by atoms with E-state index in [0.717, 1.165) is 5.56 Å². The van der Waals surface area contributed by atoms with Gasteiger partial charge in [-0.3, -0.25) is 4.79 Å². The molecule has 0 aliphatic carbocycles. The lowest BCUT2D eigenvalue weighted by Gasteiger charge is -2.18. The Morgan fingerprint density at radius 2 is 2.00 bits per heavy atom. The average Bonchev–Trinajstić information content (AvgIpc) is 2.37. The highest BCUT2D eigenvalue weighted by molar-refractivity contribution is 5.69. The number of carbonyl (C=O) groups excluding carboxylic acids is 1. The Balaban J connectivity index is 2.80. The number of aliphatic hydroxyl groups excluding tert-OH is 2. The molecule has 5 heteroatoms. The summed E-state index contributed by atoms with van der Waals surface area (Å²) in [7, 11) is 2.80. The standard InChI is InChI=1S/C13H18O5/c1-8-6-9(4-5-11(8)17-2)13(16)10(14)7-12(15)18-3/h4-6,10,13-14,16H,7H2,1-3H3. The van der Waals surface area contributed by atoms with Crippen LogP contribution < -0.4 is 4.74 Å². The maximum Gasteiger partial charge on any atom is 0.308 e. The van der Waals surface area contributed by atoms with Gasteiger partial charge in [-0.2, -0.15) is 0 Å². The fourth-order valence-electron chi connectivity index (χ4n) is 1.67. The zero-order valence-corrected chi connectivity index (χ0v) is 10.7. The van der Waals surface area contributed by atoms with Crippen molar-refractivity contribution in [2.24, 2.45) is 0 Å². The molecule has 5 nitrogen and oxygen atoms in total. The SMILES string of the molecule is COC(=O)CC(O)C(O)c1ccc(OC)c(C)c1. The topological polar surface area (TPSA) is 76.0 Å². The maximum atomic E-state index is 11.0. The van der Waals surface area contributed by atoms with E-state index in [1.165, 1.54) is 7.11 Å². The highest BCUT2D eigenvalue weighted by atomic mass is 16.5. The molecule has 0 heterocycles. The number of carbonyl (C=O) groups is 1. The molecular formula is C13H18O5. The Morgan fingerprint density at radius 1 is 1.33 bits per heavy atom. The van der Waals surface area contributed by atoms with Crippen LogP contribution in [0.25, 0.3) is 0 Å². The number of hydrogen-bond donors (Lipinski definition) is 2. The Kier molecular flexibility index (Phi) is 5.12. The quantitative estimate of drug-likeness (QED) is 0.765. The molecule has 0 spiro atoms. The van der Waals surface area contributed by atoms with Gasteiger partial charge in [0.2, 0.25) is 0 Å². The van der Waals surface area contributed by atoms with Crippen molar-refractivity contribution in [3.8, 4) is 5.75 Å². The highest BCUT2D eigenvalue weighted by Gasteiger charge is 2.22. The number of rotatable bonds is 5.